The predicted octanol–water partition coefficient (Wildman–Crippen LogP) is 4.64. The van der Waals surface area contributed by atoms with Gasteiger partial charge in [-0.1, -0.05) is 0 Å². The summed E-state index contributed by atoms with van der Waals surface area (Å²) >= 11 is 0. The first-order chi connectivity index (χ1) is 14.7. The highest BCUT2D eigenvalue weighted by Crippen LogP contribution is 2.34. The van der Waals surface area contributed by atoms with E-state index in [0.29, 0.717) is 31.2 Å². The van der Waals surface area contributed by atoms with E-state index in [1.165, 1.54) is 36.4 Å². The van der Waals surface area contributed by atoms with Gasteiger partial charge >= 0.3 is 6.18 Å². The molecule has 3 rings (SSSR count). The van der Waals surface area contributed by atoms with Crippen LogP contribution in [-0.4, -0.2) is 17.9 Å². The molecule has 5 nitrogen and oxygen atoms in total. The lowest BCUT2D eigenvalue weighted by molar-refractivity contribution is -0.137. The maximum absolute atomic E-state index is 13.1. The Morgan fingerprint density at radius 1 is 1.00 bits per heavy atom. The predicted molar refractivity (Wildman–Crippen MR) is 104 cm³/mol. The van der Waals surface area contributed by atoms with Crippen LogP contribution in [0.3, 0.4) is 0 Å². The van der Waals surface area contributed by atoms with E-state index < -0.39 is 34.9 Å². The van der Waals surface area contributed by atoms with Gasteiger partial charge in [0.25, 0.3) is 5.91 Å². The van der Waals surface area contributed by atoms with Crippen molar-refractivity contribution in [2.45, 2.75) is 37.9 Å². The van der Waals surface area contributed by atoms with Crippen molar-refractivity contribution in [3.05, 3.63) is 65.0 Å². The monoisotopic (exact) mass is 433 g/mol. The molecule has 2 amide bonds. The molecule has 0 aliphatic heterocycles. The summed E-state index contributed by atoms with van der Waals surface area (Å²) in [5.74, 6) is -1.57. The number of nitrogens with one attached hydrogen (secondary N) is 2. The van der Waals surface area contributed by atoms with E-state index in [1.807, 2.05) is 0 Å². The summed E-state index contributed by atoms with van der Waals surface area (Å²) in [7, 11) is 0. The molecule has 0 heterocycles. The molecule has 9 heteroatoms. The van der Waals surface area contributed by atoms with E-state index in [9.17, 15) is 27.2 Å². The smallest absolute Gasteiger partial charge is 0.349 e. The molecule has 162 valence electrons. The van der Waals surface area contributed by atoms with Crippen molar-refractivity contribution < 1.29 is 27.2 Å². The van der Waals surface area contributed by atoms with Crippen LogP contribution in [0.25, 0.3) is 0 Å². The molecule has 2 aromatic rings. The molecule has 0 saturated heterocycles. The van der Waals surface area contributed by atoms with Crippen LogP contribution >= 0.6 is 0 Å². The number of rotatable bonds is 4. The summed E-state index contributed by atoms with van der Waals surface area (Å²) < 4.78 is 52.2. The second-order valence-corrected chi connectivity index (χ2v) is 7.39. The number of alkyl halides is 3. The Hall–Kier alpha value is -3.41. The quantitative estimate of drug-likeness (QED) is 0.689. The normalized spacial score (nSPS) is 18.7. The number of benzene rings is 2. The number of carbonyl (C=O) groups excluding carboxylic acids is 2. The Labute approximate surface area is 176 Å². The van der Waals surface area contributed by atoms with Gasteiger partial charge in [-0.25, -0.2) is 4.39 Å². The summed E-state index contributed by atoms with van der Waals surface area (Å²) in [5.41, 5.74) is -1.30. The first-order valence-electron chi connectivity index (χ1n) is 9.66. The zero-order chi connectivity index (χ0) is 22.6. The molecule has 0 radical (unpaired) electrons. The molecule has 0 aromatic heterocycles. The fourth-order valence-corrected chi connectivity index (χ4v) is 3.57. The Kier molecular flexibility index (Phi) is 6.59. The van der Waals surface area contributed by atoms with Crippen LogP contribution in [0.4, 0.5) is 23.2 Å². The summed E-state index contributed by atoms with van der Waals surface area (Å²) in [4.78, 5) is 24.7. The molecule has 2 aromatic carbocycles. The number of carbonyl (C=O) groups is 2. The zero-order valence-corrected chi connectivity index (χ0v) is 16.3. The maximum Gasteiger partial charge on any atom is 0.417 e. The lowest BCUT2D eigenvalue weighted by atomic mass is 9.85. The molecule has 2 N–H and O–H groups in total. The topological polar surface area (TPSA) is 82.0 Å². The van der Waals surface area contributed by atoms with Crippen LogP contribution in [0, 0.1) is 23.1 Å². The van der Waals surface area contributed by atoms with Crippen molar-refractivity contribution in [1.82, 2.24) is 5.32 Å². The van der Waals surface area contributed by atoms with Gasteiger partial charge in [0.2, 0.25) is 5.91 Å². The fourth-order valence-electron chi connectivity index (χ4n) is 3.57. The zero-order valence-electron chi connectivity index (χ0n) is 16.3. The minimum absolute atomic E-state index is 0.0249. The molecular weight excluding hydrogens is 414 g/mol. The highest BCUT2D eigenvalue weighted by molar-refractivity contribution is 5.94. The molecule has 1 aliphatic carbocycles. The Balaban J connectivity index is 1.55. The number of hydrogen-bond acceptors (Lipinski definition) is 3. The van der Waals surface area contributed by atoms with E-state index in [4.69, 9.17) is 5.26 Å². The van der Waals surface area contributed by atoms with Crippen molar-refractivity contribution in [3.63, 3.8) is 0 Å². The van der Waals surface area contributed by atoms with Crippen molar-refractivity contribution in [3.8, 4) is 6.07 Å². The van der Waals surface area contributed by atoms with E-state index in [1.54, 1.807) is 0 Å². The lowest BCUT2D eigenvalue weighted by Gasteiger charge is -2.28. The standard InChI is InChI=1S/C22H19F4N3O2/c23-16-6-1-13(2-7-16)20(30)28-17-8-3-14(4-9-17)21(31)29-18-10-5-15(12-27)19(11-18)22(24,25)26/h1-2,5-7,10-11,14,17H,3-4,8-9H2,(H,28,30)(H,29,31). The maximum atomic E-state index is 13.1. The van der Waals surface area contributed by atoms with E-state index >= 15 is 0 Å². The van der Waals surface area contributed by atoms with Crippen molar-refractivity contribution in [2.24, 2.45) is 5.92 Å². The minimum Gasteiger partial charge on any atom is -0.349 e. The second-order valence-electron chi connectivity index (χ2n) is 7.39. The van der Waals surface area contributed by atoms with Crippen LogP contribution in [0.15, 0.2) is 42.5 Å². The van der Waals surface area contributed by atoms with Gasteiger partial charge in [-0.3, -0.25) is 9.59 Å². The van der Waals surface area contributed by atoms with Gasteiger partial charge in [-0.15, -0.1) is 0 Å². The first kappa shape index (κ1) is 22.3. The summed E-state index contributed by atoms with van der Waals surface area (Å²) in [6, 6.07) is 9.56. The van der Waals surface area contributed by atoms with Gasteiger partial charge in [-0.05, 0) is 68.1 Å². The molecule has 0 atom stereocenters. The summed E-state index contributed by atoms with van der Waals surface area (Å²) in [5, 5.41) is 14.2. The largest absolute Gasteiger partial charge is 0.417 e. The van der Waals surface area contributed by atoms with Gasteiger partial charge in [0.05, 0.1) is 17.2 Å². The van der Waals surface area contributed by atoms with E-state index in [0.717, 1.165) is 12.1 Å². The number of nitrogens with zero attached hydrogens (tertiary/aromatic N) is 1. The van der Waals surface area contributed by atoms with E-state index in [2.05, 4.69) is 10.6 Å². The molecule has 1 saturated carbocycles. The molecule has 1 aliphatic rings. The minimum atomic E-state index is -4.70. The summed E-state index contributed by atoms with van der Waals surface area (Å²) in [6.45, 7) is 0. The van der Waals surface area contributed by atoms with Crippen molar-refractivity contribution >= 4 is 17.5 Å². The summed E-state index contributed by atoms with van der Waals surface area (Å²) in [6.07, 6.45) is -2.71. The van der Waals surface area contributed by atoms with Gasteiger partial charge in [0.1, 0.15) is 5.82 Å². The number of nitriles is 1. The van der Waals surface area contributed by atoms with Crippen molar-refractivity contribution in [2.75, 3.05) is 5.32 Å². The highest BCUT2D eigenvalue weighted by Gasteiger charge is 2.34. The van der Waals surface area contributed by atoms with Gasteiger partial charge in [-0.2, -0.15) is 18.4 Å². The average molecular weight is 433 g/mol. The van der Waals surface area contributed by atoms with Gasteiger partial charge < -0.3 is 10.6 Å². The molecule has 1 fully saturated rings. The number of anilines is 1. The van der Waals surface area contributed by atoms with Crippen LogP contribution in [0.1, 0.15) is 47.2 Å². The average Bonchev–Trinajstić information content (AvgIpc) is 2.74. The SMILES string of the molecule is N#Cc1ccc(NC(=O)C2CCC(NC(=O)c3ccc(F)cc3)CC2)cc1C(F)(F)F. The van der Waals surface area contributed by atoms with Crippen LogP contribution in [0.2, 0.25) is 0 Å². The molecule has 0 unspecified atom stereocenters. The van der Waals surface area contributed by atoms with E-state index in [-0.39, 0.29) is 17.6 Å². The van der Waals surface area contributed by atoms with Gasteiger partial charge in [0.15, 0.2) is 0 Å². The Bertz CT molecular complexity index is 1000. The number of amides is 2. The van der Waals surface area contributed by atoms with Crippen molar-refractivity contribution in [1.29, 1.82) is 5.26 Å². The number of hydrogen-bond donors (Lipinski definition) is 2. The molecular formula is C22H19F4N3O2. The molecule has 0 bridgehead atoms. The first-order valence-corrected chi connectivity index (χ1v) is 9.66. The fraction of sp³-hybridized carbons (Fsp3) is 0.318. The number of halogens is 4. The highest BCUT2D eigenvalue weighted by atomic mass is 19.4. The third kappa shape index (κ3) is 5.60. The molecule has 0 spiro atoms. The Morgan fingerprint density at radius 3 is 2.23 bits per heavy atom. The lowest BCUT2D eigenvalue weighted by Crippen LogP contribution is -2.39. The molecule has 31 heavy (non-hydrogen) atoms. The third-order valence-corrected chi connectivity index (χ3v) is 5.25. The second kappa shape index (κ2) is 9.16. The Morgan fingerprint density at radius 2 is 1.65 bits per heavy atom. The van der Waals surface area contributed by atoms with Gasteiger partial charge in [0, 0.05) is 23.2 Å². The van der Waals surface area contributed by atoms with Crippen LogP contribution in [0.5, 0.6) is 0 Å². The van der Waals surface area contributed by atoms with Crippen LogP contribution < -0.4 is 10.6 Å². The van der Waals surface area contributed by atoms with Crippen LogP contribution in [-0.2, 0) is 11.0 Å². The third-order valence-electron chi connectivity index (χ3n) is 5.25.